The van der Waals surface area contributed by atoms with Crippen molar-refractivity contribution < 1.29 is 0 Å². The Bertz CT molecular complexity index is 2860. The van der Waals surface area contributed by atoms with Crippen molar-refractivity contribution in [2.45, 2.75) is 33.1 Å². The molecular formula is C50H40N2. The summed E-state index contributed by atoms with van der Waals surface area (Å²) in [5.41, 5.74) is 12.3. The van der Waals surface area contributed by atoms with Crippen molar-refractivity contribution in [3.05, 3.63) is 169 Å². The van der Waals surface area contributed by atoms with E-state index in [0.717, 1.165) is 0 Å². The molecule has 0 radical (unpaired) electrons. The minimum absolute atomic E-state index is 0.0570. The molecular weight excluding hydrogens is 629 g/mol. The SMILES string of the molecule is C=N/C=C\C=C(/C)c1ccc(-c2cc(-c3ccc4c(c3)c3ccccc3n4-c3ccccc3)c3ccc4cc(C(C)(C)C)cc5ccc2c3c54)cc1. The van der Waals surface area contributed by atoms with Crippen LogP contribution in [0.1, 0.15) is 38.8 Å². The first kappa shape index (κ1) is 31.7. The standard InChI is InChI=1S/C50H40N2/c1-32(12-11-27-51-5)33-17-19-34(20-18-33)43-31-44(42-25-22-37-29-38(50(2,3)4)28-36-21-24-41(43)49(42)48(36)37)35-23-26-47-45(30-35)40-15-9-10-16-46(40)52(47)39-13-7-6-8-14-39/h6-31H,5H2,1-4H3/b27-11-,32-12+. The van der Waals surface area contributed by atoms with Gasteiger partial charge in [-0.05, 0) is 133 Å². The first-order chi connectivity index (χ1) is 25.3. The molecule has 9 aromatic rings. The van der Waals surface area contributed by atoms with Crippen LogP contribution in [0.3, 0.4) is 0 Å². The Balaban J connectivity index is 1.32. The number of aromatic nitrogens is 1. The van der Waals surface area contributed by atoms with Gasteiger partial charge in [0.15, 0.2) is 0 Å². The van der Waals surface area contributed by atoms with Gasteiger partial charge in [0.1, 0.15) is 0 Å². The topological polar surface area (TPSA) is 17.3 Å². The number of para-hydroxylation sites is 2. The molecule has 0 atom stereocenters. The molecule has 0 bridgehead atoms. The molecule has 0 saturated heterocycles. The Hall–Kier alpha value is -6.25. The first-order valence-corrected chi connectivity index (χ1v) is 18.1. The molecule has 8 aromatic carbocycles. The lowest BCUT2D eigenvalue weighted by Gasteiger charge is -2.23. The van der Waals surface area contributed by atoms with Gasteiger partial charge in [0.25, 0.3) is 0 Å². The molecule has 9 rings (SSSR count). The van der Waals surface area contributed by atoms with Gasteiger partial charge in [-0.2, -0.15) is 0 Å². The highest BCUT2D eigenvalue weighted by Gasteiger charge is 2.21. The number of benzene rings is 8. The van der Waals surface area contributed by atoms with E-state index in [4.69, 9.17) is 0 Å². The summed E-state index contributed by atoms with van der Waals surface area (Å²) in [6.45, 7) is 12.6. The summed E-state index contributed by atoms with van der Waals surface area (Å²) in [6, 6.07) is 52.1. The number of nitrogens with zero attached hydrogens (tertiary/aromatic N) is 2. The average molecular weight is 669 g/mol. The number of hydrogen-bond donors (Lipinski definition) is 0. The van der Waals surface area contributed by atoms with Crippen LogP contribution < -0.4 is 0 Å². The molecule has 0 aliphatic heterocycles. The third kappa shape index (κ3) is 5.14. The van der Waals surface area contributed by atoms with Crippen LogP contribution >= 0.6 is 0 Å². The highest BCUT2D eigenvalue weighted by molar-refractivity contribution is 6.28. The van der Waals surface area contributed by atoms with Gasteiger partial charge in [-0.25, -0.2) is 0 Å². The molecule has 0 unspecified atom stereocenters. The quantitative estimate of drug-likeness (QED) is 0.0953. The Kier molecular flexibility index (Phi) is 7.45. The molecule has 0 spiro atoms. The minimum atomic E-state index is 0.0570. The van der Waals surface area contributed by atoms with Gasteiger partial charge in [-0.3, -0.25) is 4.99 Å². The van der Waals surface area contributed by atoms with Crippen LogP contribution in [-0.2, 0) is 5.41 Å². The van der Waals surface area contributed by atoms with Crippen molar-refractivity contribution in [3.63, 3.8) is 0 Å². The fourth-order valence-electron chi connectivity index (χ4n) is 8.08. The summed E-state index contributed by atoms with van der Waals surface area (Å²) in [7, 11) is 0. The summed E-state index contributed by atoms with van der Waals surface area (Å²) in [5, 5.41) is 10.3. The highest BCUT2D eigenvalue weighted by atomic mass is 15.0. The molecule has 2 heteroatoms. The maximum Gasteiger partial charge on any atom is 0.0541 e. The van der Waals surface area contributed by atoms with Gasteiger partial charge >= 0.3 is 0 Å². The normalized spacial score (nSPS) is 12.7. The van der Waals surface area contributed by atoms with Crippen molar-refractivity contribution in [1.82, 2.24) is 4.57 Å². The zero-order chi connectivity index (χ0) is 35.6. The second-order valence-electron chi connectivity index (χ2n) is 15.0. The van der Waals surface area contributed by atoms with Crippen molar-refractivity contribution in [2.75, 3.05) is 0 Å². The largest absolute Gasteiger partial charge is 0.309 e. The van der Waals surface area contributed by atoms with E-state index >= 15 is 0 Å². The maximum absolute atomic E-state index is 3.84. The summed E-state index contributed by atoms with van der Waals surface area (Å²) in [4.78, 5) is 3.84. The third-order valence-electron chi connectivity index (χ3n) is 10.8. The molecule has 0 aliphatic carbocycles. The Morgan fingerprint density at radius 3 is 1.92 bits per heavy atom. The van der Waals surface area contributed by atoms with Gasteiger partial charge in [-0.1, -0.05) is 130 Å². The molecule has 1 aromatic heterocycles. The number of rotatable bonds is 6. The number of fused-ring (bicyclic) bond motifs is 3. The van der Waals surface area contributed by atoms with Crippen LogP contribution in [0.15, 0.2) is 163 Å². The molecule has 0 amide bonds. The maximum atomic E-state index is 3.84. The van der Waals surface area contributed by atoms with E-state index in [1.165, 1.54) is 98.8 Å². The molecule has 52 heavy (non-hydrogen) atoms. The fourth-order valence-corrected chi connectivity index (χ4v) is 8.08. The second-order valence-corrected chi connectivity index (χ2v) is 15.0. The van der Waals surface area contributed by atoms with E-state index in [9.17, 15) is 0 Å². The van der Waals surface area contributed by atoms with Crippen molar-refractivity contribution in [3.8, 4) is 27.9 Å². The third-order valence-corrected chi connectivity index (χ3v) is 10.8. The molecule has 2 nitrogen and oxygen atoms in total. The number of allylic oxidation sites excluding steroid dienone is 3. The zero-order valence-electron chi connectivity index (χ0n) is 30.1. The molecule has 0 aliphatic rings. The van der Waals surface area contributed by atoms with E-state index in [-0.39, 0.29) is 5.41 Å². The number of hydrogen-bond acceptors (Lipinski definition) is 1. The van der Waals surface area contributed by atoms with Crippen LogP contribution in [0.5, 0.6) is 0 Å². The van der Waals surface area contributed by atoms with Crippen LogP contribution in [0.2, 0.25) is 0 Å². The summed E-state index contributed by atoms with van der Waals surface area (Å²) >= 11 is 0. The van der Waals surface area contributed by atoms with E-state index in [2.05, 4.69) is 190 Å². The Morgan fingerprint density at radius 1 is 0.596 bits per heavy atom. The summed E-state index contributed by atoms with van der Waals surface area (Å²) in [5.74, 6) is 0. The first-order valence-electron chi connectivity index (χ1n) is 18.1. The van der Waals surface area contributed by atoms with Crippen LogP contribution in [0.4, 0.5) is 0 Å². The highest BCUT2D eigenvalue weighted by Crippen LogP contribution is 2.46. The van der Waals surface area contributed by atoms with Crippen molar-refractivity contribution >= 4 is 66.4 Å². The average Bonchev–Trinajstić information content (AvgIpc) is 3.50. The van der Waals surface area contributed by atoms with E-state index < -0.39 is 0 Å². The molecule has 250 valence electrons. The molecule has 0 N–H and O–H groups in total. The van der Waals surface area contributed by atoms with Crippen LogP contribution in [0, 0.1) is 0 Å². The van der Waals surface area contributed by atoms with E-state index in [0.29, 0.717) is 0 Å². The molecule has 1 heterocycles. The Labute approximate surface area is 305 Å². The van der Waals surface area contributed by atoms with Gasteiger partial charge in [0.2, 0.25) is 0 Å². The van der Waals surface area contributed by atoms with Gasteiger partial charge in [-0.15, -0.1) is 0 Å². The van der Waals surface area contributed by atoms with Crippen LogP contribution in [-0.4, -0.2) is 11.3 Å². The summed E-state index contributed by atoms with van der Waals surface area (Å²) < 4.78 is 2.39. The summed E-state index contributed by atoms with van der Waals surface area (Å²) in [6.07, 6.45) is 5.72. The predicted octanol–water partition coefficient (Wildman–Crippen LogP) is 13.9. The van der Waals surface area contributed by atoms with E-state index in [1.807, 2.05) is 6.08 Å². The van der Waals surface area contributed by atoms with Crippen molar-refractivity contribution in [2.24, 2.45) is 4.99 Å². The lowest BCUT2D eigenvalue weighted by Crippen LogP contribution is -2.10. The van der Waals surface area contributed by atoms with Crippen molar-refractivity contribution in [1.29, 1.82) is 0 Å². The van der Waals surface area contributed by atoms with Gasteiger partial charge in [0.05, 0.1) is 11.0 Å². The minimum Gasteiger partial charge on any atom is -0.309 e. The second kappa shape index (κ2) is 12.2. The smallest absolute Gasteiger partial charge is 0.0541 e. The molecule has 0 saturated carbocycles. The van der Waals surface area contributed by atoms with Gasteiger partial charge < -0.3 is 4.57 Å². The van der Waals surface area contributed by atoms with Gasteiger partial charge in [0, 0.05) is 22.7 Å². The van der Waals surface area contributed by atoms with Crippen LogP contribution in [0.25, 0.3) is 87.6 Å². The molecule has 0 fully saturated rings. The lowest BCUT2D eigenvalue weighted by molar-refractivity contribution is 0.591. The zero-order valence-corrected chi connectivity index (χ0v) is 30.1. The fraction of sp³-hybridized carbons (Fsp3) is 0.100. The monoisotopic (exact) mass is 668 g/mol. The Morgan fingerprint density at radius 2 is 1.23 bits per heavy atom. The predicted molar refractivity (Wildman–Crippen MR) is 226 cm³/mol. The number of aliphatic imine (C=N–C) groups is 1. The van der Waals surface area contributed by atoms with E-state index in [1.54, 1.807) is 6.20 Å². The lowest BCUT2D eigenvalue weighted by atomic mass is 9.81.